The number of nitrogens with one attached hydrogen (secondary N) is 1. The maximum Gasteiger partial charge on any atom is 0.410 e. The standard InChI is InChI=1S/C18H23N3O5/c1-3-26-18(24)20-10-8-19(9-11-20)14-12-16(22)21(17(14)23)13-6-4-5-7-15(13)25-2/h4-7,14H,3,8-12H2,1-2H3/p+1/t14-/m1/s1. The first kappa shape index (κ1) is 18.2. The fraction of sp³-hybridized carbons (Fsp3) is 0.500. The van der Waals surface area contributed by atoms with E-state index in [0.29, 0.717) is 44.2 Å². The van der Waals surface area contributed by atoms with E-state index in [1.54, 1.807) is 36.1 Å². The van der Waals surface area contributed by atoms with E-state index in [1.807, 2.05) is 0 Å². The summed E-state index contributed by atoms with van der Waals surface area (Å²) in [6, 6.07) is 6.59. The van der Waals surface area contributed by atoms with E-state index in [9.17, 15) is 14.4 Å². The summed E-state index contributed by atoms with van der Waals surface area (Å²) in [6.07, 6.45) is -0.151. The fourth-order valence-electron chi connectivity index (χ4n) is 3.56. The van der Waals surface area contributed by atoms with Crippen LogP contribution >= 0.6 is 0 Å². The lowest BCUT2D eigenvalue weighted by Gasteiger charge is -2.33. The van der Waals surface area contributed by atoms with Gasteiger partial charge in [-0.1, -0.05) is 12.1 Å². The molecule has 0 aliphatic carbocycles. The Kier molecular flexibility index (Phi) is 5.41. The van der Waals surface area contributed by atoms with Gasteiger partial charge in [-0.15, -0.1) is 0 Å². The van der Waals surface area contributed by atoms with Crippen molar-refractivity contribution in [3.05, 3.63) is 24.3 Å². The lowest BCUT2D eigenvalue weighted by Crippen LogP contribution is -3.19. The summed E-state index contributed by atoms with van der Waals surface area (Å²) in [6.45, 7) is 4.37. The molecule has 2 aliphatic rings. The second-order valence-corrected chi connectivity index (χ2v) is 6.34. The quantitative estimate of drug-likeness (QED) is 0.743. The lowest BCUT2D eigenvalue weighted by molar-refractivity contribution is -0.918. The van der Waals surface area contributed by atoms with Crippen LogP contribution in [0.3, 0.4) is 0 Å². The number of anilines is 1. The SMILES string of the molecule is CCOC(=O)N1CC[NH+]([C@@H]2CC(=O)N(c3ccccc3OC)C2=O)CC1. The monoisotopic (exact) mass is 362 g/mol. The van der Waals surface area contributed by atoms with E-state index in [0.717, 1.165) is 4.90 Å². The van der Waals surface area contributed by atoms with Gasteiger partial charge in [-0.05, 0) is 19.1 Å². The Morgan fingerprint density at radius 2 is 1.92 bits per heavy atom. The summed E-state index contributed by atoms with van der Waals surface area (Å²) in [4.78, 5) is 41.1. The largest absolute Gasteiger partial charge is 0.495 e. The first-order valence-corrected chi connectivity index (χ1v) is 8.83. The highest BCUT2D eigenvalue weighted by Gasteiger charge is 2.47. The Hall–Kier alpha value is -2.61. The van der Waals surface area contributed by atoms with Crippen molar-refractivity contribution in [1.29, 1.82) is 0 Å². The molecule has 2 fully saturated rings. The third-order valence-electron chi connectivity index (χ3n) is 4.90. The first-order valence-electron chi connectivity index (χ1n) is 8.83. The number of nitrogens with zero attached hydrogens (tertiary/aromatic N) is 2. The number of imide groups is 1. The third kappa shape index (κ3) is 3.37. The molecule has 2 saturated heterocycles. The maximum atomic E-state index is 12.9. The summed E-state index contributed by atoms with van der Waals surface area (Å²) >= 11 is 0. The number of hydrogen-bond donors (Lipinski definition) is 1. The minimum Gasteiger partial charge on any atom is -0.495 e. The molecule has 3 amide bonds. The normalized spacial score (nSPS) is 21.2. The van der Waals surface area contributed by atoms with Gasteiger partial charge in [-0.3, -0.25) is 14.5 Å². The molecule has 1 aromatic rings. The molecule has 2 aliphatic heterocycles. The number of hydrogen-bond acceptors (Lipinski definition) is 5. The van der Waals surface area contributed by atoms with Crippen molar-refractivity contribution in [2.24, 2.45) is 0 Å². The van der Waals surface area contributed by atoms with Crippen molar-refractivity contribution in [3.8, 4) is 5.75 Å². The maximum absolute atomic E-state index is 12.9. The highest BCUT2D eigenvalue weighted by Crippen LogP contribution is 2.31. The van der Waals surface area contributed by atoms with E-state index in [4.69, 9.17) is 9.47 Å². The molecule has 140 valence electrons. The van der Waals surface area contributed by atoms with E-state index in [1.165, 1.54) is 12.0 Å². The highest BCUT2D eigenvalue weighted by molar-refractivity contribution is 6.22. The van der Waals surface area contributed by atoms with Crippen LogP contribution in [0.5, 0.6) is 5.75 Å². The molecule has 1 N–H and O–H groups in total. The van der Waals surface area contributed by atoms with Crippen LogP contribution < -0.4 is 14.5 Å². The summed E-state index contributed by atoms with van der Waals surface area (Å²) in [7, 11) is 1.52. The first-order chi connectivity index (χ1) is 12.6. The second kappa shape index (κ2) is 7.74. The van der Waals surface area contributed by atoms with E-state index < -0.39 is 6.04 Å². The summed E-state index contributed by atoms with van der Waals surface area (Å²) in [5, 5.41) is 0. The molecule has 2 heterocycles. The zero-order valence-electron chi connectivity index (χ0n) is 15.1. The predicted molar refractivity (Wildman–Crippen MR) is 93.2 cm³/mol. The summed E-state index contributed by atoms with van der Waals surface area (Å²) in [5.41, 5.74) is 0.483. The van der Waals surface area contributed by atoms with E-state index >= 15 is 0 Å². The molecule has 8 heteroatoms. The Balaban J connectivity index is 1.69. The fourth-order valence-corrected chi connectivity index (χ4v) is 3.56. The molecule has 0 aromatic heterocycles. The zero-order valence-corrected chi connectivity index (χ0v) is 15.1. The Morgan fingerprint density at radius 1 is 1.23 bits per heavy atom. The smallest absolute Gasteiger partial charge is 0.410 e. The van der Waals surface area contributed by atoms with Gasteiger partial charge in [0.25, 0.3) is 5.91 Å². The van der Waals surface area contributed by atoms with Gasteiger partial charge in [0.1, 0.15) is 5.75 Å². The molecule has 8 nitrogen and oxygen atoms in total. The van der Waals surface area contributed by atoms with Crippen molar-refractivity contribution in [2.45, 2.75) is 19.4 Å². The van der Waals surface area contributed by atoms with Crippen molar-refractivity contribution in [1.82, 2.24) is 4.90 Å². The number of piperazine rings is 1. The molecule has 0 saturated carbocycles. The molecular weight excluding hydrogens is 338 g/mol. The Labute approximate surface area is 152 Å². The van der Waals surface area contributed by atoms with Crippen molar-refractivity contribution in [2.75, 3.05) is 44.8 Å². The van der Waals surface area contributed by atoms with Crippen LogP contribution in [0.4, 0.5) is 10.5 Å². The molecule has 0 radical (unpaired) electrons. The molecule has 0 unspecified atom stereocenters. The Morgan fingerprint density at radius 3 is 2.58 bits per heavy atom. The number of benzene rings is 1. The van der Waals surface area contributed by atoms with Crippen LogP contribution in [-0.4, -0.2) is 68.7 Å². The number of amides is 3. The number of para-hydroxylation sites is 2. The van der Waals surface area contributed by atoms with Crippen molar-refractivity contribution < 1.29 is 28.8 Å². The summed E-state index contributed by atoms with van der Waals surface area (Å²) in [5.74, 6) is 0.0703. The molecule has 0 spiro atoms. The molecule has 0 bridgehead atoms. The van der Waals surface area contributed by atoms with Gasteiger partial charge in [-0.2, -0.15) is 0 Å². The minimum absolute atomic E-state index is 0.172. The van der Waals surface area contributed by atoms with Crippen LogP contribution in [0.1, 0.15) is 13.3 Å². The van der Waals surface area contributed by atoms with Gasteiger partial charge >= 0.3 is 6.09 Å². The van der Waals surface area contributed by atoms with Gasteiger partial charge in [0.15, 0.2) is 6.04 Å². The lowest BCUT2D eigenvalue weighted by atomic mass is 10.2. The zero-order chi connectivity index (χ0) is 18.7. The van der Waals surface area contributed by atoms with Gasteiger partial charge in [0.05, 0.1) is 52.0 Å². The molecule has 1 atom stereocenters. The van der Waals surface area contributed by atoms with Gasteiger partial charge in [-0.25, -0.2) is 9.69 Å². The second-order valence-electron chi connectivity index (χ2n) is 6.34. The van der Waals surface area contributed by atoms with Crippen LogP contribution in [0.15, 0.2) is 24.3 Å². The average Bonchev–Trinajstić information content (AvgIpc) is 2.96. The molecule has 3 rings (SSSR count). The third-order valence-corrected chi connectivity index (χ3v) is 4.90. The molecule has 26 heavy (non-hydrogen) atoms. The van der Waals surface area contributed by atoms with Crippen LogP contribution in [0.2, 0.25) is 0 Å². The topological polar surface area (TPSA) is 80.6 Å². The van der Waals surface area contributed by atoms with Gasteiger partial charge < -0.3 is 14.4 Å². The highest BCUT2D eigenvalue weighted by atomic mass is 16.6. The minimum atomic E-state index is -0.420. The van der Waals surface area contributed by atoms with Gasteiger partial charge in [0, 0.05) is 0 Å². The van der Waals surface area contributed by atoms with Crippen LogP contribution in [0, 0.1) is 0 Å². The number of rotatable bonds is 4. The van der Waals surface area contributed by atoms with Gasteiger partial charge in [0.2, 0.25) is 5.91 Å². The Bertz CT molecular complexity index is 700. The predicted octanol–water partition coefficient (Wildman–Crippen LogP) is -0.316. The van der Waals surface area contributed by atoms with Crippen LogP contribution in [-0.2, 0) is 14.3 Å². The molecule has 1 aromatic carbocycles. The number of carbonyl (C=O) groups excluding carboxylic acids is 3. The summed E-state index contributed by atoms with van der Waals surface area (Å²) < 4.78 is 10.3. The number of carbonyl (C=O) groups is 3. The number of methoxy groups -OCH3 is 1. The average molecular weight is 362 g/mol. The van der Waals surface area contributed by atoms with E-state index in [-0.39, 0.29) is 24.3 Å². The van der Waals surface area contributed by atoms with Crippen molar-refractivity contribution in [3.63, 3.8) is 0 Å². The van der Waals surface area contributed by atoms with Crippen molar-refractivity contribution >= 4 is 23.6 Å². The van der Waals surface area contributed by atoms with E-state index in [2.05, 4.69) is 0 Å². The molecular formula is C18H24N3O5+. The number of quaternary nitrogens is 1. The van der Waals surface area contributed by atoms with Crippen LogP contribution in [0.25, 0.3) is 0 Å². The number of ether oxygens (including phenoxy) is 2.